The minimum absolute atomic E-state index is 0.0266. The van der Waals surface area contributed by atoms with E-state index in [-0.39, 0.29) is 30.6 Å². The van der Waals surface area contributed by atoms with E-state index in [1.807, 2.05) is 0 Å². The molecule has 0 amide bonds. The Morgan fingerprint density at radius 3 is 2.18 bits per heavy atom. The molecular formula is C24H31F2N3O4S. The Bertz CT molecular complexity index is 1100. The van der Waals surface area contributed by atoms with E-state index in [0.29, 0.717) is 30.0 Å². The minimum atomic E-state index is -4.04. The van der Waals surface area contributed by atoms with Crippen molar-refractivity contribution < 1.29 is 26.7 Å². The molecule has 1 aliphatic heterocycles. The van der Waals surface area contributed by atoms with E-state index in [0.717, 1.165) is 6.92 Å². The minimum Gasteiger partial charge on any atom is -0.459 e. The molecule has 0 spiro atoms. The number of esters is 1. The molecule has 1 aliphatic rings. The molecule has 1 fully saturated rings. The van der Waals surface area contributed by atoms with Crippen molar-refractivity contribution in [3.63, 3.8) is 0 Å². The second kappa shape index (κ2) is 9.65. The van der Waals surface area contributed by atoms with Gasteiger partial charge in [0.2, 0.25) is 5.92 Å². The van der Waals surface area contributed by atoms with Crippen LogP contribution < -0.4 is 5.32 Å². The third kappa shape index (κ3) is 5.96. The molecule has 0 saturated carbocycles. The Labute approximate surface area is 199 Å². The van der Waals surface area contributed by atoms with E-state index < -0.39 is 32.1 Å². The fraction of sp³-hybridized carbons (Fsp3) is 0.542. The first kappa shape index (κ1) is 26.2. The molecule has 2 heterocycles. The highest BCUT2D eigenvalue weighted by molar-refractivity contribution is 7.93. The van der Waals surface area contributed by atoms with Crippen LogP contribution in [0.5, 0.6) is 0 Å². The zero-order valence-electron chi connectivity index (χ0n) is 19.9. The summed E-state index contributed by atoms with van der Waals surface area (Å²) in [7, 11) is -4.04. The fourth-order valence-corrected chi connectivity index (χ4v) is 5.74. The first-order valence-electron chi connectivity index (χ1n) is 11.2. The van der Waals surface area contributed by atoms with Gasteiger partial charge >= 0.3 is 5.97 Å². The summed E-state index contributed by atoms with van der Waals surface area (Å²) in [4.78, 5) is 21.6. The summed E-state index contributed by atoms with van der Waals surface area (Å²) >= 11 is 0. The highest BCUT2D eigenvalue weighted by Gasteiger charge is 2.54. The summed E-state index contributed by atoms with van der Waals surface area (Å²) in [5, 5.41) is 3.10. The van der Waals surface area contributed by atoms with Crippen LogP contribution >= 0.6 is 0 Å². The molecule has 3 rings (SSSR count). The lowest BCUT2D eigenvalue weighted by molar-refractivity contribution is -0.159. The third-order valence-electron chi connectivity index (χ3n) is 5.68. The second-order valence-corrected chi connectivity index (χ2v) is 12.0. The Morgan fingerprint density at radius 2 is 1.68 bits per heavy atom. The van der Waals surface area contributed by atoms with Crippen molar-refractivity contribution in [2.24, 2.45) is 0 Å². The zero-order valence-corrected chi connectivity index (χ0v) is 20.7. The summed E-state index contributed by atoms with van der Waals surface area (Å²) in [6, 6.07) is 6.10. The number of hydrogen-bond acceptors (Lipinski definition) is 7. The number of nitrogens with zero attached hydrogens (tertiary/aromatic N) is 2. The largest absolute Gasteiger partial charge is 0.459 e. The van der Waals surface area contributed by atoms with Gasteiger partial charge in [0.25, 0.3) is 0 Å². The number of carbonyl (C=O) groups is 1. The van der Waals surface area contributed by atoms with Gasteiger partial charge in [0, 0.05) is 18.2 Å². The Balaban J connectivity index is 1.85. The number of ether oxygens (including phenoxy) is 1. The van der Waals surface area contributed by atoms with Crippen molar-refractivity contribution in [1.82, 2.24) is 15.3 Å². The lowest BCUT2D eigenvalue weighted by Gasteiger charge is -2.36. The number of alkyl halides is 2. The molecule has 0 unspecified atom stereocenters. The second-order valence-electron chi connectivity index (χ2n) is 9.74. The third-order valence-corrected chi connectivity index (χ3v) is 8.18. The molecule has 0 atom stereocenters. The molecule has 1 aromatic heterocycles. The number of carbonyl (C=O) groups excluding carboxylic acids is 1. The number of hydrogen-bond donors (Lipinski definition) is 1. The Kier molecular flexibility index (Phi) is 7.43. The molecule has 1 aromatic carbocycles. The van der Waals surface area contributed by atoms with Gasteiger partial charge in [-0.1, -0.05) is 12.1 Å². The molecule has 0 aliphatic carbocycles. The van der Waals surface area contributed by atoms with E-state index in [2.05, 4.69) is 15.3 Å². The molecule has 0 bridgehead atoms. The van der Waals surface area contributed by atoms with Crippen LogP contribution in [0.25, 0.3) is 11.3 Å². The number of nitrogens with one attached hydrogen (secondary N) is 1. The van der Waals surface area contributed by atoms with Crippen molar-refractivity contribution in [1.29, 1.82) is 0 Å². The predicted octanol–water partition coefficient (Wildman–Crippen LogP) is 3.97. The van der Waals surface area contributed by atoms with Gasteiger partial charge in [0.15, 0.2) is 14.6 Å². The van der Waals surface area contributed by atoms with Gasteiger partial charge in [0.05, 0.1) is 22.5 Å². The molecule has 7 nitrogen and oxygen atoms in total. The number of halogens is 2. The molecular weight excluding hydrogens is 464 g/mol. The average Bonchev–Trinajstić information content (AvgIpc) is 2.77. The van der Waals surface area contributed by atoms with Gasteiger partial charge < -0.3 is 10.1 Å². The van der Waals surface area contributed by atoms with Crippen LogP contribution in [0.3, 0.4) is 0 Å². The van der Waals surface area contributed by atoms with Gasteiger partial charge in [-0.3, -0.25) is 14.8 Å². The van der Waals surface area contributed by atoms with Crippen LogP contribution in [0, 0.1) is 0 Å². The van der Waals surface area contributed by atoms with Gasteiger partial charge in [-0.15, -0.1) is 0 Å². The standard InChI is InChI=1S/C24H31F2N3O4S/c1-22(2,3)33-21(30)24(11-13-27-14-12-24)34(31,32)19-7-5-17(6-8-19)20-16-28-18(15-29-20)9-10-23(4,25)26/h5-8,15-16,27H,9-14H2,1-4H3. The number of sulfone groups is 1. The normalized spacial score (nSPS) is 16.8. The van der Waals surface area contributed by atoms with E-state index in [4.69, 9.17) is 4.74 Å². The summed E-state index contributed by atoms with van der Waals surface area (Å²) in [5.74, 6) is -3.50. The summed E-state index contributed by atoms with van der Waals surface area (Å²) < 4.78 is 57.3. The quantitative estimate of drug-likeness (QED) is 0.581. The maximum Gasteiger partial charge on any atom is 0.328 e. The molecule has 2 aromatic rings. The van der Waals surface area contributed by atoms with Gasteiger partial charge in [-0.05, 0) is 72.2 Å². The van der Waals surface area contributed by atoms with E-state index in [1.165, 1.54) is 24.5 Å². The smallest absolute Gasteiger partial charge is 0.328 e. The molecule has 186 valence electrons. The van der Waals surface area contributed by atoms with Crippen molar-refractivity contribution in [3.05, 3.63) is 42.4 Å². The van der Waals surface area contributed by atoms with Crippen LogP contribution in [0.4, 0.5) is 8.78 Å². The van der Waals surface area contributed by atoms with Gasteiger partial charge in [0.1, 0.15) is 5.60 Å². The predicted molar refractivity (Wildman–Crippen MR) is 124 cm³/mol. The number of rotatable bonds is 7. The number of piperidine rings is 1. The van der Waals surface area contributed by atoms with Gasteiger partial charge in [-0.2, -0.15) is 0 Å². The maximum absolute atomic E-state index is 13.7. The molecule has 34 heavy (non-hydrogen) atoms. The lowest BCUT2D eigenvalue weighted by atomic mass is 9.96. The Hall–Kier alpha value is -2.46. The highest BCUT2D eigenvalue weighted by atomic mass is 32.2. The number of aryl methyl sites for hydroxylation is 1. The van der Waals surface area contributed by atoms with Crippen molar-refractivity contribution in [2.75, 3.05) is 13.1 Å². The van der Waals surface area contributed by atoms with Crippen molar-refractivity contribution in [2.45, 2.75) is 74.5 Å². The number of benzene rings is 1. The molecule has 1 N–H and O–H groups in total. The van der Waals surface area contributed by atoms with Gasteiger partial charge in [-0.25, -0.2) is 17.2 Å². The number of aromatic nitrogens is 2. The van der Waals surface area contributed by atoms with E-state index in [1.54, 1.807) is 32.9 Å². The summed E-state index contributed by atoms with van der Waals surface area (Å²) in [5.41, 5.74) is 0.747. The monoisotopic (exact) mass is 495 g/mol. The van der Waals surface area contributed by atoms with E-state index in [9.17, 15) is 22.0 Å². The first-order chi connectivity index (χ1) is 15.7. The Morgan fingerprint density at radius 1 is 1.06 bits per heavy atom. The van der Waals surface area contributed by atoms with Crippen LogP contribution in [0.2, 0.25) is 0 Å². The van der Waals surface area contributed by atoms with Crippen molar-refractivity contribution in [3.8, 4) is 11.3 Å². The lowest BCUT2D eigenvalue weighted by Crippen LogP contribution is -2.55. The van der Waals surface area contributed by atoms with E-state index >= 15 is 0 Å². The summed E-state index contributed by atoms with van der Waals surface area (Å²) in [6.07, 6.45) is 2.95. The van der Waals surface area contributed by atoms with Crippen LogP contribution in [0.1, 0.15) is 52.7 Å². The molecule has 0 radical (unpaired) electrons. The van der Waals surface area contributed by atoms with Crippen LogP contribution in [-0.2, 0) is 25.8 Å². The first-order valence-corrected chi connectivity index (χ1v) is 12.7. The average molecular weight is 496 g/mol. The van der Waals surface area contributed by atoms with Crippen LogP contribution in [0.15, 0.2) is 41.6 Å². The highest BCUT2D eigenvalue weighted by Crippen LogP contribution is 2.36. The molecule has 10 heteroatoms. The fourth-order valence-electron chi connectivity index (χ4n) is 3.80. The molecule has 1 saturated heterocycles. The maximum atomic E-state index is 13.7. The zero-order chi connectivity index (χ0) is 25.2. The van der Waals surface area contributed by atoms with Crippen molar-refractivity contribution >= 4 is 15.8 Å². The topological polar surface area (TPSA) is 98.2 Å². The summed E-state index contributed by atoms with van der Waals surface area (Å²) in [6.45, 7) is 6.77. The van der Waals surface area contributed by atoms with Crippen LogP contribution in [-0.4, -0.2) is 53.7 Å². The SMILES string of the molecule is CC(F)(F)CCc1cnc(-c2ccc(S(=O)(=O)C3(C(=O)OC(C)(C)C)CCNCC3)cc2)cn1.